The Morgan fingerprint density at radius 2 is 1.86 bits per heavy atom. The number of allylic oxidation sites excluding steroid dienone is 1. The summed E-state index contributed by atoms with van der Waals surface area (Å²) in [5, 5.41) is 15.0. The van der Waals surface area contributed by atoms with Crippen LogP contribution in [-0.2, 0) is 24.4 Å². The molecule has 0 radical (unpaired) electrons. The first-order valence-electron chi connectivity index (χ1n) is 17.4. The van der Waals surface area contributed by atoms with E-state index in [-0.39, 0.29) is 31.2 Å². The van der Waals surface area contributed by atoms with E-state index in [0.717, 1.165) is 6.42 Å². The monoisotopic (exact) mass is 726 g/mol. The number of nitrogens with zero attached hydrogens (tertiary/aromatic N) is 3. The third-order valence-corrected chi connectivity index (χ3v) is 13.0. The van der Waals surface area contributed by atoms with E-state index in [0.29, 0.717) is 48.2 Å². The van der Waals surface area contributed by atoms with Gasteiger partial charge in [0, 0.05) is 18.4 Å². The molecule has 15 nitrogen and oxygen atoms in total. The first kappa shape index (κ1) is 36.3. The maximum atomic E-state index is 14.3. The first-order chi connectivity index (χ1) is 24.1. The lowest BCUT2D eigenvalue weighted by atomic mass is 9.88. The van der Waals surface area contributed by atoms with E-state index in [9.17, 15) is 32.7 Å². The molecule has 0 unspecified atom stereocenters. The zero-order valence-corrected chi connectivity index (χ0v) is 30.3. The summed E-state index contributed by atoms with van der Waals surface area (Å²) >= 11 is 0. The number of carboxylic acid groups (broad SMARTS) is 1. The van der Waals surface area contributed by atoms with Crippen molar-refractivity contribution in [2.24, 2.45) is 17.8 Å². The Balaban J connectivity index is 1.33. The average molecular weight is 727 g/mol. The molecular weight excluding hydrogens is 680 g/mol. The highest BCUT2D eigenvalue weighted by Crippen LogP contribution is 2.47. The second-order valence-electron chi connectivity index (χ2n) is 14.9. The molecule has 2 aliphatic heterocycles. The Morgan fingerprint density at radius 1 is 1.12 bits per heavy atom. The van der Waals surface area contributed by atoms with Crippen molar-refractivity contribution >= 4 is 44.9 Å². The highest BCUT2D eigenvalue weighted by Gasteiger charge is 2.63. The summed E-state index contributed by atoms with van der Waals surface area (Å²) in [7, 11) is -2.46. The zero-order chi connectivity index (χ0) is 36.9. The van der Waals surface area contributed by atoms with Crippen LogP contribution in [0, 0.1) is 24.7 Å². The molecule has 1 saturated heterocycles. The molecule has 3 heterocycles. The second kappa shape index (κ2) is 13.6. The maximum Gasteiger partial charge on any atom is 0.405 e. The molecular formula is C35H46N6O9S. The van der Waals surface area contributed by atoms with Crippen LogP contribution in [0.2, 0.25) is 0 Å². The highest BCUT2D eigenvalue weighted by molar-refractivity contribution is 7.91. The van der Waals surface area contributed by atoms with Gasteiger partial charge in [-0.1, -0.05) is 26.0 Å². The lowest BCUT2D eigenvalue weighted by Gasteiger charge is -2.32. The zero-order valence-electron chi connectivity index (χ0n) is 29.5. The first-order valence-corrected chi connectivity index (χ1v) is 18.9. The van der Waals surface area contributed by atoms with Crippen LogP contribution in [0.4, 0.5) is 4.79 Å². The number of carbonyl (C=O) groups is 4. The van der Waals surface area contributed by atoms with Gasteiger partial charge < -0.3 is 30.1 Å². The Hall–Kier alpha value is -4.47. The van der Waals surface area contributed by atoms with E-state index in [4.69, 9.17) is 9.47 Å². The number of amides is 4. The van der Waals surface area contributed by atoms with Crippen molar-refractivity contribution < 1.29 is 42.2 Å². The molecule has 7 atom stereocenters. The van der Waals surface area contributed by atoms with Crippen molar-refractivity contribution in [2.75, 3.05) is 13.7 Å². The minimum absolute atomic E-state index is 0.00596. The van der Waals surface area contributed by atoms with Crippen LogP contribution in [0.1, 0.15) is 71.4 Å². The van der Waals surface area contributed by atoms with Gasteiger partial charge in [-0.05, 0) is 76.3 Å². The number of hydrogen-bond acceptors (Lipinski definition) is 10. The second-order valence-corrected chi connectivity index (χ2v) is 17.1. The molecule has 3 fully saturated rings. The molecule has 2 aliphatic carbocycles. The topological polar surface area (TPSA) is 206 Å². The SMILES string of the molecule is COc1ccc2nc(C)c(O[C@@H]3C[C@H]4C(=O)N[C@]5(C(=O)NS(=O)(=O)C6(C)CC6)C[C@H]5/C=C\CC[C@@H](C)C[C@@H](C)[C@H](NC(=O)O)C(=O)N4C3)nc2c1. The van der Waals surface area contributed by atoms with Crippen LogP contribution in [0.15, 0.2) is 30.4 Å². The fourth-order valence-corrected chi connectivity index (χ4v) is 8.54. The molecule has 1 aromatic carbocycles. The molecule has 4 amide bonds. The van der Waals surface area contributed by atoms with Gasteiger partial charge in [0.2, 0.25) is 27.7 Å². The molecule has 6 rings (SSSR count). The molecule has 0 spiro atoms. The smallest absolute Gasteiger partial charge is 0.405 e. The summed E-state index contributed by atoms with van der Waals surface area (Å²) in [5.74, 6) is -2.08. The van der Waals surface area contributed by atoms with Gasteiger partial charge >= 0.3 is 6.09 Å². The van der Waals surface area contributed by atoms with Gasteiger partial charge in [-0.25, -0.2) is 23.2 Å². The summed E-state index contributed by atoms with van der Waals surface area (Å²) < 4.78 is 39.0. The summed E-state index contributed by atoms with van der Waals surface area (Å²) in [4.78, 5) is 64.9. The Morgan fingerprint density at radius 3 is 2.55 bits per heavy atom. The van der Waals surface area contributed by atoms with Crippen molar-refractivity contribution in [3.63, 3.8) is 0 Å². The van der Waals surface area contributed by atoms with E-state index in [1.807, 2.05) is 19.1 Å². The van der Waals surface area contributed by atoms with Crippen LogP contribution in [0.5, 0.6) is 11.6 Å². The fraction of sp³-hybridized carbons (Fsp3) is 0.600. The summed E-state index contributed by atoms with van der Waals surface area (Å²) in [6, 6.07) is 2.92. The van der Waals surface area contributed by atoms with E-state index in [1.54, 1.807) is 39.0 Å². The maximum absolute atomic E-state index is 14.3. The van der Waals surface area contributed by atoms with Crippen LogP contribution >= 0.6 is 0 Å². The fourth-order valence-electron chi connectivity index (χ4n) is 7.23. The van der Waals surface area contributed by atoms with E-state index in [1.165, 1.54) is 12.0 Å². The molecule has 1 aromatic heterocycles. The number of aromatic nitrogens is 2. The van der Waals surface area contributed by atoms with Crippen molar-refractivity contribution in [3.8, 4) is 11.6 Å². The number of ether oxygens (including phenoxy) is 2. The molecule has 2 aromatic rings. The predicted octanol–water partition coefficient (Wildman–Crippen LogP) is 2.82. The van der Waals surface area contributed by atoms with E-state index < -0.39 is 74.1 Å². The predicted molar refractivity (Wildman–Crippen MR) is 185 cm³/mol. The lowest BCUT2D eigenvalue weighted by molar-refractivity contribution is -0.142. The number of hydrogen-bond donors (Lipinski definition) is 4. The number of benzene rings is 1. The van der Waals surface area contributed by atoms with Gasteiger partial charge in [0.05, 0.1) is 29.4 Å². The molecule has 16 heteroatoms. The number of methoxy groups -OCH3 is 1. The summed E-state index contributed by atoms with van der Waals surface area (Å²) in [6.07, 6.45) is 4.59. The number of aryl methyl sites for hydroxylation is 1. The van der Waals surface area contributed by atoms with E-state index in [2.05, 4.69) is 25.3 Å². The average Bonchev–Trinajstić information content (AvgIpc) is 3.95. The molecule has 276 valence electrons. The minimum atomic E-state index is -4.00. The lowest BCUT2D eigenvalue weighted by Crippen LogP contribution is -2.59. The number of carbonyl (C=O) groups excluding carboxylic acids is 3. The standard InChI is InChI=1S/C35H46N6O9S/c1-19-8-6-7-9-22-17-35(22,32(44)40-51(47,48)34(4)12-13-34)39-29(42)27-16-24(18-41(27)31(43)28(20(2)14-19)38-33(45)46)50-30-21(3)36-25-11-10-23(49-5)15-26(25)37-30/h7,9-11,15,19-20,22,24,27-28,38H,6,8,12-14,16-18H2,1-5H3,(H,39,42)(H,40,44)(H,45,46)/b9-7-/t19-,20-,22-,24-,27+,28+,35-/m1/s1. The molecule has 51 heavy (non-hydrogen) atoms. The van der Waals surface area contributed by atoms with Gasteiger partial charge in [0.25, 0.3) is 5.91 Å². The normalized spacial score (nSPS) is 31.2. The molecule has 0 bridgehead atoms. The van der Waals surface area contributed by atoms with Crippen LogP contribution < -0.4 is 24.8 Å². The van der Waals surface area contributed by atoms with Crippen molar-refractivity contribution in [3.05, 3.63) is 36.0 Å². The third-order valence-electron chi connectivity index (χ3n) is 10.8. The van der Waals surface area contributed by atoms with Gasteiger partial charge in [0.15, 0.2) is 0 Å². The van der Waals surface area contributed by atoms with Gasteiger partial charge in [-0.2, -0.15) is 0 Å². The van der Waals surface area contributed by atoms with Gasteiger partial charge in [-0.3, -0.25) is 19.1 Å². The number of rotatable bonds is 7. The van der Waals surface area contributed by atoms with Crippen molar-refractivity contribution in [2.45, 2.75) is 101 Å². The number of sulfonamides is 1. The summed E-state index contributed by atoms with van der Waals surface area (Å²) in [5.41, 5.74) is 0.0711. The quantitative estimate of drug-likeness (QED) is 0.305. The van der Waals surface area contributed by atoms with Crippen molar-refractivity contribution in [1.29, 1.82) is 0 Å². The summed E-state index contributed by atoms with van der Waals surface area (Å²) in [6.45, 7) is 7.05. The van der Waals surface area contributed by atoms with Crippen LogP contribution in [-0.4, -0.2) is 94.3 Å². The Labute approximate surface area is 297 Å². The van der Waals surface area contributed by atoms with Gasteiger partial charge in [-0.15, -0.1) is 0 Å². The molecule has 2 saturated carbocycles. The highest BCUT2D eigenvalue weighted by atomic mass is 32.2. The largest absolute Gasteiger partial charge is 0.497 e. The third kappa shape index (κ3) is 7.32. The Kier molecular flexibility index (Phi) is 9.67. The number of nitrogens with one attached hydrogen (secondary N) is 3. The van der Waals surface area contributed by atoms with Gasteiger partial charge in [0.1, 0.15) is 35.2 Å². The van der Waals surface area contributed by atoms with Crippen LogP contribution in [0.3, 0.4) is 0 Å². The molecule has 4 N–H and O–H groups in total. The number of fused-ring (bicyclic) bond motifs is 3. The van der Waals surface area contributed by atoms with Crippen LogP contribution in [0.25, 0.3) is 11.0 Å². The molecule has 4 aliphatic rings. The van der Waals surface area contributed by atoms with Crippen molar-refractivity contribution in [1.82, 2.24) is 30.2 Å². The Bertz CT molecular complexity index is 1880. The minimum Gasteiger partial charge on any atom is -0.497 e. The van der Waals surface area contributed by atoms with E-state index >= 15 is 0 Å².